The summed E-state index contributed by atoms with van der Waals surface area (Å²) in [6.45, 7) is 9.32. The minimum atomic E-state index is -0.611. The average Bonchev–Trinajstić information content (AvgIpc) is 2.35. The number of hydrogen-bond donors (Lipinski definition) is 1. The van der Waals surface area contributed by atoms with Crippen LogP contribution in [0.15, 0.2) is 12.2 Å². The lowest BCUT2D eigenvalue weighted by molar-refractivity contribution is -0.192. The van der Waals surface area contributed by atoms with E-state index in [9.17, 15) is 9.90 Å². The van der Waals surface area contributed by atoms with Crippen LogP contribution in [0, 0.1) is 11.8 Å². The van der Waals surface area contributed by atoms with Gasteiger partial charge in [-0.25, -0.2) is 4.79 Å². The van der Waals surface area contributed by atoms with Gasteiger partial charge in [-0.15, -0.1) is 0 Å². The van der Waals surface area contributed by atoms with Crippen LogP contribution in [-0.4, -0.2) is 22.3 Å². The summed E-state index contributed by atoms with van der Waals surface area (Å²) >= 11 is 0. The molecule has 2 saturated carbocycles. The largest absolute Gasteiger partial charge is 0.456 e. The fourth-order valence-corrected chi connectivity index (χ4v) is 3.90. The van der Waals surface area contributed by atoms with Gasteiger partial charge in [-0.05, 0) is 52.4 Å². The summed E-state index contributed by atoms with van der Waals surface area (Å²) < 4.78 is 5.75. The minimum absolute atomic E-state index is 0.248. The topological polar surface area (TPSA) is 46.5 Å². The summed E-state index contributed by atoms with van der Waals surface area (Å²) in [6, 6.07) is 0. The zero-order valence-electron chi connectivity index (χ0n) is 12.4. The molecule has 0 amide bonds. The Morgan fingerprint density at radius 3 is 2.37 bits per heavy atom. The van der Waals surface area contributed by atoms with E-state index < -0.39 is 11.2 Å². The maximum absolute atomic E-state index is 11.9. The monoisotopic (exact) mass is 266 g/mol. The fourth-order valence-electron chi connectivity index (χ4n) is 3.90. The maximum Gasteiger partial charge on any atom is 0.333 e. The van der Waals surface area contributed by atoms with Crippen molar-refractivity contribution in [2.24, 2.45) is 11.8 Å². The molecule has 4 atom stereocenters. The molecule has 3 nitrogen and oxygen atoms in total. The standard InChI is InChI=1S/C16H26O3/c1-11(2)14(17)19-16(4)10-9-15(3,18)12-7-5-6-8-13(12)16/h12-13,18H,1,5-10H2,2-4H3. The van der Waals surface area contributed by atoms with E-state index in [0.717, 1.165) is 25.7 Å². The van der Waals surface area contributed by atoms with Gasteiger partial charge in [0.15, 0.2) is 0 Å². The van der Waals surface area contributed by atoms with Crippen molar-refractivity contribution in [1.82, 2.24) is 0 Å². The molecule has 2 fully saturated rings. The van der Waals surface area contributed by atoms with Crippen molar-refractivity contribution in [2.45, 2.75) is 70.5 Å². The summed E-state index contributed by atoms with van der Waals surface area (Å²) in [5, 5.41) is 10.6. The molecule has 0 bridgehead atoms. The zero-order chi connectivity index (χ0) is 14.3. The van der Waals surface area contributed by atoms with Gasteiger partial charge in [0.05, 0.1) is 5.60 Å². The normalized spacial score (nSPS) is 42.3. The number of hydrogen-bond acceptors (Lipinski definition) is 3. The van der Waals surface area contributed by atoms with E-state index in [2.05, 4.69) is 6.58 Å². The highest BCUT2D eigenvalue weighted by Crippen LogP contribution is 2.51. The van der Waals surface area contributed by atoms with Gasteiger partial charge in [0.1, 0.15) is 5.60 Å². The molecule has 2 aliphatic rings. The Morgan fingerprint density at radius 1 is 1.21 bits per heavy atom. The van der Waals surface area contributed by atoms with Crippen LogP contribution in [-0.2, 0) is 9.53 Å². The highest BCUT2D eigenvalue weighted by atomic mass is 16.6. The SMILES string of the molecule is C=C(C)C(=O)OC1(C)CCC(C)(O)C2CCCCC21. The molecule has 4 unspecified atom stereocenters. The molecule has 0 spiro atoms. The zero-order valence-corrected chi connectivity index (χ0v) is 12.4. The van der Waals surface area contributed by atoms with Crippen molar-refractivity contribution in [3.05, 3.63) is 12.2 Å². The van der Waals surface area contributed by atoms with Gasteiger partial charge in [-0.3, -0.25) is 0 Å². The molecule has 1 N–H and O–H groups in total. The molecule has 0 radical (unpaired) electrons. The predicted octanol–water partition coefficient (Wildman–Crippen LogP) is 3.22. The number of ether oxygens (including phenoxy) is 1. The third kappa shape index (κ3) is 2.71. The van der Waals surface area contributed by atoms with Crippen molar-refractivity contribution < 1.29 is 14.6 Å². The summed E-state index contributed by atoms with van der Waals surface area (Å²) in [4.78, 5) is 11.9. The van der Waals surface area contributed by atoms with Crippen LogP contribution in [0.2, 0.25) is 0 Å². The number of carbonyl (C=O) groups is 1. The fraction of sp³-hybridized carbons (Fsp3) is 0.812. The first-order valence-corrected chi connectivity index (χ1v) is 7.37. The molecular formula is C16H26O3. The number of aliphatic hydroxyl groups is 1. The van der Waals surface area contributed by atoms with Crippen LogP contribution in [0.4, 0.5) is 0 Å². The second-order valence-corrected chi connectivity index (χ2v) is 6.84. The highest BCUT2D eigenvalue weighted by Gasteiger charge is 2.53. The summed E-state index contributed by atoms with van der Waals surface area (Å²) in [5.74, 6) is 0.222. The van der Waals surface area contributed by atoms with Gasteiger partial charge >= 0.3 is 5.97 Å². The van der Waals surface area contributed by atoms with Crippen LogP contribution in [0.1, 0.15) is 59.3 Å². The van der Waals surface area contributed by atoms with Gasteiger partial charge < -0.3 is 9.84 Å². The molecule has 0 saturated heterocycles. The predicted molar refractivity (Wildman–Crippen MR) is 74.6 cm³/mol. The van der Waals surface area contributed by atoms with Crippen molar-refractivity contribution in [2.75, 3.05) is 0 Å². The molecule has 0 aliphatic heterocycles. The van der Waals surface area contributed by atoms with Gasteiger partial charge in [0, 0.05) is 11.5 Å². The lowest BCUT2D eigenvalue weighted by atomic mass is 9.58. The van der Waals surface area contributed by atoms with Gasteiger partial charge in [0.25, 0.3) is 0 Å². The third-order valence-electron chi connectivity index (χ3n) is 5.15. The number of fused-ring (bicyclic) bond motifs is 1. The molecule has 2 aliphatic carbocycles. The minimum Gasteiger partial charge on any atom is -0.456 e. The van der Waals surface area contributed by atoms with Gasteiger partial charge in [-0.1, -0.05) is 19.4 Å². The average molecular weight is 266 g/mol. The number of carbonyl (C=O) groups excluding carboxylic acids is 1. The van der Waals surface area contributed by atoms with Crippen LogP contribution < -0.4 is 0 Å². The van der Waals surface area contributed by atoms with Crippen molar-refractivity contribution >= 4 is 5.97 Å². The van der Waals surface area contributed by atoms with Gasteiger partial charge in [0.2, 0.25) is 0 Å². The van der Waals surface area contributed by atoms with Crippen molar-refractivity contribution in [3.63, 3.8) is 0 Å². The quantitative estimate of drug-likeness (QED) is 0.616. The molecule has 0 aromatic rings. The Bertz CT molecular complexity index is 385. The molecule has 0 heterocycles. The first-order valence-electron chi connectivity index (χ1n) is 7.37. The van der Waals surface area contributed by atoms with E-state index >= 15 is 0 Å². The van der Waals surface area contributed by atoms with E-state index in [-0.39, 0.29) is 17.8 Å². The van der Waals surface area contributed by atoms with Gasteiger partial charge in [-0.2, -0.15) is 0 Å². The molecule has 108 valence electrons. The first kappa shape index (κ1) is 14.6. The first-order chi connectivity index (χ1) is 8.76. The van der Waals surface area contributed by atoms with Crippen LogP contribution in [0.25, 0.3) is 0 Å². The van der Waals surface area contributed by atoms with E-state index in [1.807, 2.05) is 13.8 Å². The Balaban J connectivity index is 2.21. The van der Waals surface area contributed by atoms with Crippen LogP contribution in [0.3, 0.4) is 0 Å². The van der Waals surface area contributed by atoms with E-state index in [4.69, 9.17) is 4.74 Å². The van der Waals surface area contributed by atoms with Crippen LogP contribution in [0.5, 0.6) is 0 Å². The lowest BCUT2D eigenvalue weighted by Gasteiger charge is -2.53. The highest BCUT2D eigenvalue weighted by molar-refractivity contribution is 5.87. The summed E-state index contributed by atoms with van der Waals surface area (Å²) in [5.41, 5.74) is -0.602. The number of rotatable bonds is 2. The third-order valence-corrected chi connectivity index (χ3v) is 5.15. The Morgan fingerprint density at radius 2 is 1.79 bits per heavy atom. The van der Waals surface area contributed by atoms with E-state index in [1.165, 1.54) is 6.42 Å². The Hall–Kier alpha value is -0.830. The summed E-state index contributed by atoms with van der Waals surface area (Å²) in [7, 11) is 0. The molecular weight excluding hydrogens is 240 g/mol. The smallest absolute Gasteiger partial charge is 0.333 e. The Kier molecular flexibility index (Phi) is 3.78. The maximum atomic E-state index is 11.9. The second-order valence-electron chi connectivity index (χ2n) is 6.84. The molecule has 3 heteroatoms. The molecule has 19 heavy (non-hydrogen) atoms. The van der Waals surface area contributed by atoms with Crippen molar-refractivity contribution in [1.29, 1.82) is 0 Å². The lowest BCUT2D eigenvalue weighted by Crippen LogP contribution is -2.56. The van der Waals surface area contributed by atoms with Crippen LogP contribution >= 0.6 is 0 Å². The molecule has 0 aromatic heterocycles. The van der Waals surface area contributed by atoms with E-state index in [0.29, 0.717) is 12.0 Å². The number of esters is 1. The molecule has 2 rings (SSSR count). The summed E-state index contributed by atoms with van der Waals surface area (Å²) in [6.07, 6.45) is 5.85. The molecule has 0 aromatic carbocycles. The van der Waals surface area contributed by atoms with E-state index in [1.54, 1.807) is 6.92 Å². The second kappa shape index (κ2) is 4.93. The van der Waals surface area contributed by atoms with Crippen molar-refractivity contribution in [3.8, 4) is 0 Å². The Labute approximate surface area is 116 Å².